The number of anilines is 2. The monoisotopic (exact) mass is 338 g/mol. The number of hydrogen-bond donors (Lipinski definition) is 3. The number of alkyl halides is 3. The molecule has 0 unspecified atom stereocenters. The molecule has 1 amide bonds. The molecule has 0 aromatic heterocycles. The number of carboxylic acid groups (broad SMARTS) is 1. The van der Waals surface area contributed by atoms with Crippen LogP contribution >= 0.6 is 0 Å². The first kappa shape index (κ1) is 17.3. The second-order valence-corrected chi connectivity index (χ2v) is 4.86. The van der Waals surface area contributed by atoms with Gasteiger partial charge in [0.2, 0.25) is 0 Å². The highest BCUT2D eigenvalue weighted by atomic mass is 19.4. The van der Waals surface area contributed by atoms with Crippen LogP contribution in [0.3, 0.4) is 0 Å². The Hall–Kier alpha value is -3.03. The van der Waals surface area contributed by atoms with Gasteiger partial charge in [-0.15, -0.1) is 0 Å². The summed E-state index contributed by atoms with van der Waals surface area (Å²) >= 11 is 0. The van der Waals surface area contributed by atoms with Gasteiger partial charge in [0.1, 0.15) is 6.54 Å². The van der Waals surface area contributed by atoms with Crippen molar-refractivity contribution in [2.24, 2.45) is 0 Å². The molecule has 0 spiro atoms. The van der Waals surface area contributed by atoms with Crippen molar-refractivity contribution in [3.63, 3.8) is 0 Å². The molecule has 0 fully saturated rings. The lowest BCUT2D eigenvalue weighted by atomic mass is 10.1. The molecule has 8 heteroatoms. The fourth-order valence-electron chi connectivity index (χ4n) is 1.90. The molecular weight excluding hydrogens is 325 g/mol. The lowest BCUT2D eigenvalue weighted by Crippen LogP contribution is -2.29. The molecule has 2 aromatic carbocycles. The molecule has 0 bridgehead atoms. The number of carbonyl (C=O) groups is 2. The summed E-state index contributed by atoms with van der Waals surface area (Å²) in [7, 11) is 0. The van der Waals surface area contributed by atoms with E-state index in [1.54, 1.807) is 0 Å². The van der Waals surface area contributed by atoms with Crippen LogP contribution in [-0.4, -0.2) is 23.5 Å². The third-order valence-electron chi connectivity index (χ3n) is 3.03. The average Bonchev–Trinajstić information content (AvgIpc) is 2.53. The molecule has 24 heavy (non-hydrogen) atoms. The van der Waals surface area contributed by atoms with E-state index in [1.807, 2.05) is 0 Å². The summed E-state index contributed by atoms with van der Waals surface area (Å²) in [6.45, 7) is -0.497. The van der Waals surface area contributed by atoms with E-state index in [4.69, 9.17) is 5.11 Å². The molecule has 0 heterocycles. The van der Waals surface area contributed by atoms with E-state index in [1.165, 1.54) is 36.4 Å². The summed E-state index contributed by atoms with van der Waals surface area (Å²) in [5.41, 5.74) is 0.222. The van der Waals surface area contributed by atoms with E-state index in [0.717, 1.165) is 12.1 Å². The van der Waals surface area contributed by atoms with Gasteiger partial charge in [-0.3, -0.25) is 9.59 Å². The van der Waals surface area contributed by atoms with Gasteiger partial charge >= 0.3 is 12.1 Å². The summed E-state index contributed by atoms with van der Waals surface area (Å²) in [5, 5.41) is 13.5. The number of hydrogen-bond acceptors (Lipinski definition) is 3. The fourth-order valence-corrected chi connectivity index (χ4v) is 1.90. The smallest absolute Gasteiger partial charge is 0.416 e. The standard InChI is InChI=1S/C16H13F3N2O3/c17-16(18,19)11-2-1-3-13(8-11)21-12-6-4-10(5-7-12)15(24)20-9-14(22)23/h1-8,21H,9H2,(H,20,24)(H,22,23). The first-order valence-corrected chi connectivity index (χ1v) is 6.80. The molecule has 0 aliphatic heterocycles. The van der Waals surface area contributed by atoms with E-state index < -0.39 is 30.2 Å². The second-order valence-electron chi connectivity index (χ2n) is 4.86. The number of nitrogens with one attached hydrogen (secondary N) is 2. The number of aliphatic carboxylic acids is 1. The average molecular weight is 338 g/mol. The van der Waals surface area contributed by atoms with Crippen molar-refractivity contribution in [1.29, 1.82) is 0 Å². The summed E-state index contributed by atoms with van der Waals surface area (Å²) < 4.78 is 38.0. The van der Waals surface area contributed by atoms with Crippen LogP contribution in [0.4, 0.5) is 24.5 Å². The molecular formula is C16H13F3N2O3. The fraction of sp³-hybridized carbons (Fsp3) is 0.125. The van der Waals surface area contributed by atoms with Crippen LogP contribution in [0, 0.1) is 0 Å². The van der Waals surface area contributed by atoms with Crippen LogP contribution in [0.15, 0.2) is 48.5 Å². The minimum Gasteiger partial charge on any atom is -0.480 e. The minimum atomic E-state index is -4.43. The van der Waals surface area contributed by atoms with Gasteiger partial charge in [0, 0.05) is 16.9 Å². The molecule has 0 aliphatic carbocycles. The summed E-state index contributed by atoms with van der Waals surface area (Å²) in [4.78, 5) is 22.0. The molecule has 3 N–H and O–H groups in total. The number of benzene rings is 2. The maximum Gasteiger partial charge on any atom is 0.416 e. The molecule has 0 saturated carbocycles. The zero-order valence-corrected chi connectivity index (χ0v) is 12.2. The highest BCUT2D eigenvalue weighted by molar-refractivity contribution is 5.96. The Morgan fingerprint density at radius 3 is 2.25 bits per heavy atom. The Kier molecular flexibility index (Phi) is 5.08. The molecule has 5 nitrogen and oxygen atoms in total. The maximum absolute atomic E-state index is 12.7. The van der Waals surface area contributed by atoms with Crippen molar-refractivity contribution in [1.82, 2.24) is 5.32 Å². The van der Waals surface area contributed by atoms with Crippen molar-refractivity contribution >= 4 is 23.3 Å². The molecule has 0 radical (unpaired) electrons. The van der Waals surface area contributed by atoms with Gasteiger partial charge in [0.05, 0.1) is 5.56 Å². The quantitative estimate of drug-likeness (QED) is 0.782. The largest absolute Gasteiger partial charge is 0.480 e. The van der Waals surface area contributed by atoms with Gasteiger partial charge in [0.25, 0.3) is 5.91 Å². The van der Waals surface area contributed by atoms with Crippen molar-refractivity contribution in [2.75, 3.05) is 11.9 Å². The highest BCUT2D eigenvalue weighted by Crippen LogP contribution is 2.31. The number of halogens is 3. The van der Waals surface area contributed by atoms with Crippen LogP contribution in [0.2, 0.25) is 0 Å². The molecule has 0 atom stereocenters. The van der Waals surface area contributed by atoms with Gasteiger partial charge in [0.15, 0.2) is 0 Å². The Bertz CT molecular complexity index is 743. The van der Waals surface area contributed by atoms with E-state index in [-0.39, 0.29) is 11.3 Å². The molecule has 0 aliphatic rings. The van der Waals surface area contributed by atoms with Gasteiger partial charge in [-0.05, 0) is 42.5 Å². The van der Waals surface area contributed by atoms with E-state index in [9.17, 15) is 22.8 Å². The van der Waals surface area contributed by atoms with Gasteiger partial charge in [-0.1, -0.05) is 6.07 Å². The molecule has 126 valence electrons. The Balaban J connectivity index is 2.07. The first-order valence-electron chi connectivity index (χ1n) is 6.80. The summed E-state index contributed by atoms with van der Waals surface area (Å²) in [5.74, 6) is -1.71. The third kappa shape index (κ3) is 4.73. The van der Waals surface area contributed by atoms with Crippen molar-refractivity contribution in [3.8, 4) is 0 Å². The summed E-state index contributed by atoms with van der Waals surface area (Å²) in [6, 6.07) is 10.6. The van der Waals surface area contributed by atoms with Gasteiger partial charge < -0.3 is 15.7 Å². The van der Waals surface area contributed by atoms with Crippen LogP contribution < -0.4 is 10.6 Å². The van der Waals surface area contributed by atoms with Gasteiger partial charge in [-0.25, -0.2) is 0 Å². The zero-order chi connectivity index (χ0) is 17.7. The Morgan fingerprint density at radius 2 is 1.67 bits per heavy atom. The molecule has 2 aromatic rings. The number of carbonyl (C=O) groups excluding carboxylic acids is 1. The van der Waals surface area contributed by atoms with Gasteiger partial charge in [-0.2, -0.15) is 13.2 Å². The number of amides is 1. The molecule has 2 rings (SSSR count). The maximum atomic E-state index is 12.7. The van der Waals surface area contributed by atoms with Crippen LogP contribution in [-0.2, 0) is 11.0 Å². The molecule has 0 saturated heterocycles. The third-order valence-corrected chi connectivity index (χ3v) is 3.03. The Morgan fingerprint density at radius 1 is 1.00 bits per heavy atom. The number of carboxylic acids is 1. The van der Waals surface area contributed by atoms with E-state index in [0.29, 0.717) is 5.69 Å². The van der Waals surface area contributed by atoms with Crippen molar-refractivity contribution in [3.05, 3.63) is 59.7 Å². The van der Waals surface area contributed by atoms with E-state index in [2.05, 4.69) is 10.6 Å². The minimum absolute atomic E-state index is 0.242. The predicted molar refractivity (Wildman–Crippen MR) is 81.1 cm³/mol. The Labute approximate surface area is 135 Å². The normalized spacial score (nSPS) is 11.0. The van der Waals surface area contributed by atoms with Crippen molar-refractivity contribution in [2.45, 2.75) is 6.18 Å². The number of rotatable bonds is 5. The summed E-state index contributed by atoms with van der Waals surface area (Å²) in [6.07, 6.45) is -4.43. The predicted octanol–water partition coefficient (Wildman–Crippen LogP) is 3.26. The second kappa shape index (κ2) is 7.03. The van der Waals surface area contributed by atoms with E-state index >= 15 is 0 Å². The zero-order valence-electron chi connectivity index (χ0n) is 12.2. The lowest BCUT2D eigenvalue weighted by molar-refractivity contribution is -0.137. The van der Waals surface area contributed by atoms with Crippen LogP contribution in [0.25, 0.3) is 0 Å². The van der Waals surface area contributed by atoms with Crippen molar-refractivity contribution < 1.29 is 27.9 Å². The SMILES string of the molecule is O=C(O)CNC(=O)c1ccc(Nc2cccc(C(F)(F)F)c2)cc1. The lowest BCUT2D eigenvalue weighted by Gasteiger charge is -2.11. The first-order chi connectivity index (χ1) is 11.3. The van der Waals surface area contributed by atoms with Crippen LogP contribution in [0.1, 0.15) is 15.9 Å². The highest BCUT2D eigenvalue weighted by Gasteiger charge is 2.30. The topological polar surface area (TPSA) is 78.4 Å². The van der Waals surface area contributed by atoms with Crippen LogP contribution in [0.5, 0.6) is 0 Å².